The van der Waals surface area contributed by atoms with Crippen LogP contribution < -0.4 is 5.73 Å². The first-order chi connectivity index (χ1) is 5.74. The van der Waals surface area contributed by atoms with E-state index in [0.717, 1.165) is 19.3 Å². The molecule has 2 aliphatic heterocycles. The Morgan fingerprint density at radius 3 is 2.67 bits per heavy atom. The highest BCUT2D eigenvalue weighted by Crippen LogP contribution is 2.44. The molecule has 68 valence electrons. The van der Waals surface area contributed by atoms with Crippen molar-refractivity contribution in [3.63, 3.8) is 0 Å². The van der Waals surface area contributed by atoms with Crippen molar-refractivity contribution in [1.29, 1.82) is 0 Å². The van der Waals surface area contributed by atoms with Gasteiger partial charge in [-0.2, -0.15) is 0 Å². The summed E-state index contributed by atoms with van der Waals surface area (Å²) in [4.78, 5) is 11.1. The summed E-state index contributed by atoms with van der Waals surface area (Å²) in [7, 11) is 0. The van der Waals surface area contributed by atoms with Crippen LogP contribution in [0.25, 0.3) is 0 Å². The van der Waals surface area contributed by atoms with Crippen LogP contribution in [0, 0.1) is 11.8 Å². The topological polar surface area (TPSA) is 52.3 Å². The highest BCUT2D eigenvalue weighted by molar-refractivity contribution is 5.78. The standard InChI is InChI=1S/C9H15NO2/c1-2-5-6-3-4-7(12-6)8(5)9(10)11/h5-8H,2-4H2,1H3,(H2,10,11)/t5-,6-,7+,8-/m1/s1. The second kappa shape index (κ2) is 2.73. The highest BCUT2D eigenvalue weighted by atomic mass is 16.5. The monoisotopic (exact) mass is 169 g/mol. The van der Waals surface area contributed by atoms with Crippen LogP contribution in [0.1, 0.15) is 26.2 Å². The zero-order chi connectivity index (χ0) is 8.72. The summed E-state index contributed by atoms with van der Waals surface area (Å²) < 4.78 is 5.65. The fraction of sp³-hybridized carbons (Fsp3) is 0.889. The normalized spacial score (nSPS) is 45.1. The van der Waals surface area contributed by atoms with E-state index in [4.69, 9.17) is 10.5 Å². The molecule has 3 nitrogen and oxygen atoms in total. The second-order valence-electron chi connectivity index (χ2n) is 3.79. The van der Waals surface area contributed by atoms with E-state index in [1.165, 1.54) is 0 Å². The third kappa shape index (κ3) is 0.959. The van der Waals surface area contributed by atoms with Crippen LogP contribution in [0.15, 0.2) is 0 Å². The molecule has 0 radical (unpaired) electrons. The minimum atomic E-state index is -0.172. The molecule has 2 fully saturated rings. The molecule has 2 saturated heterocycles. The molecule has 0 aromatic carbocycles. The lowest BCUT2D eigenvalue weighted by molar-refractivity contribution is -0.124. The fourth-order valence-corrected chi connectivity index (χ4v) is 2.69. The van der Waals surface area contributed by atoms with Gasteiger partial charge in [0.2, 0.25) is 5.91 Å². The van der Waals surface area contributed by atoms with Gasteiger partial charge in [0.15, 0.2) is 0 Å². The van der Waals surface area contributed by atoms with Crippen molar-refractivity contribution in [2.75, 3.05) is 0 Å². The summed E-state index contributed by atoms with van der Waals surface area (Å²) >= 11 is 0. The molecule has 2 N–H and O–H groups in total. The second-order valence-corrected chi connectivity index (χ2v) is 3.79. The van der Waals surface area contributed by atoms with Gasteiger partial charge in [-0.3, -0.25) is 4.79 Å². The molecule has 2 aliphatic rings. The Balaban J connectivity index is 2.16. The highest BCUT2D eigenvalue weighted by Gasteiger charge is 2.50. The van der Waals surface area contributed by atoms with Crippen molar-refractivity contribution in [2.24, 2.45) is 17.6 Å². The van der Waals surface area contributed by atoms with Gasteiger partial charge in [-0.1, -0.05) is 6.92 Å². The first-order valence-corrected chi connectivity index (χ1v) is 4.68. The molecule has 0 aromatic rings. The summed E-state index contributed by atoms with van der Waals surface area (Å²) in [5, 5.41) is 0. The van der Waals surface area contributed by atoms with Gasteiger partial charge in [-0.15, -0.1) is 0 Å². The van der Waals surface area contributed by atoms with Gasteiger partial charge >= 0.3 is 0 Å². The summed E-state index contributed by atoms with van der Waals surface area (Å²) in [6.07, 6.45) is 3.60. The number of carbonyl (C=O) groups excluding carboxylic acids is 1. The first-order valence-electron chi connectivity index (χ1n) is 4.68. The Labute approximate surface area is 72.3 Å². The third-order valence-electron chi connectivity index (χ3n) is 3.22. The Morgan fingerprint density at radius 1 is 1.50 bits per heavy atom. The number of fused-ring (bicyclic) bond motifs is 2. The lowest BCUT2D eigenvalue weighted by atomic mass is 9.77. The molecule has 1 amide bonds. The number of amides is 1. The Morgan fingerprint density at radius 2 is 2.17 bits per heavy atom. The molecule has 0 aromatic heterocycles. The first kappa shape index (κ1) is 8.05. The number of carbonyl (C=O) groups is 1. The summed E-state index contributed by atoms with van der Waals surface area (Å²) in [6, 6.07) is 0. The summed E-state index contributed by atoms with van der Waals surface area (Å²) in [5.74, 6) is 0.212. The average molecular weight is 169 g/mol. The molecular formula is C9H15NO2. The van der Waals surface area contributed by atoms with Crippen LogP contribution in [0.5, 0.6) is 0 Å². The number of ether oxygens (including phenoxy) is 1. The van der Waals surface area contributed by atoms with E-state index in [1.54, 1.807) is 0 Å². The fourth-order valence-electron chi connectivity index (χ4n) is 2.69. The van der Waals surface area contributed by atoms with Gasteiger partial charge in [0.05, 0.1) is 18.1 Å². The zero-order valence-electron chi connectivity index (χ0n) is 7.32. The lowest BCUT2D eigenvalue weighted by Gasteiger charge is -2.23. The van der Waals surface area contributed by atoms with E-state index < -0.39 is 0 Å². The lowest BCUT2D eigenvalue weighted by Crippen LogP contribution is -2.37. The van der Waals surface area contributed by atoms with Gasteiger partial charge in [0.1, 0.15) is 0 Å². The van der Waals surface area contributed by atoms with Crippen LogP contribution in [0.2, 0.25) is 0 Å². The van der Waals surface area contributed by atoms with E-state index in [9.17, 15) is 4.79 Å². The van der Waals surface area contributed by atoms with Gasteiger partial charge in [-0.05, 0) is 25.2 Å². The molecule has 0 aliphatic carbocycles. The molecule has 0 unspecified atom stereocenters. The van der Waals surface area contributed by atoms with Crippen molar-refractivity contribution in [3.05, 3.63) is 0 Å². The molecule has 12 heavy (non-hydrogen) atoms. The van der Waals surface area contributed by atoms with Crippen molar-refractivity contribution in [1.82, 2.24) is 0 Å². The Kier molecular flexibility index (Phi) is 1.83. The van der Waals surface area contributed by atoms with E-state index in [2.05, 4.69) is 6.92 Å². The zero-order valence-corrected chi connectivity index (χ0v) is 7.32. The predicted octanol–water partition coefficient (Wildman–Crippen LogP) is 0.675. The van der Waals surface area contributed by atoms with E-state index in [-0.39, 0.29) is 17.9 Å². The molecule has 2 bridgehead atoms. The minimum absolute atomic E-state index is 0.00579. The molecule has 2 heterocycles. The van der Waals surface area contributed by atoms with Gasteiger partial charge in [0.25, 0.3) is 0 Å². The summed E-state index contributed by atoms with van der Waals surface area (Å²) in [5.41, 5.74) is 5.33. The molecule has 4 atom stereocenters. The van der Waals surface area contributed by atoms with Crippen molar-refractivity contribution >= 4 is 5.91 Å². The third-order valence-corrected chi connectivity index (χ3v) is 3.22. The molecule has 2 rings (SSSR count). The van der Waals surface area contributed by atoms with E-state index in [0.29, 0.717) is 12.0 Å². The number of rotatable bonds is 2. The van der Waals surface area contributed by atoms with E-state index >= 15 is 0 Å². The van der Waals surface area contributed by atoms with Crippen LogP contribution in [-0.4, -0.2) is 18.1 Å². The Hall–Kier alpha value is -0.570. The van der Waals surface area contributed by atoms with Crippen molar-refractivity contribution in [3.8, 4) is 0 Å². The number of hydrogen-bond donors (Lipinski definition) is 1. The largest absolute Gasteiger partial charge is 0.374 e. The number of primary amides is 1. The average Bonchev–Trinajstić information content (AvgIpc) is 2.60. The maximum Gasteiger partial charge on any atom is 0.223 e. The SMILES string of the molecule is CC[C@H]1[C@@H](C(N)=O)[C@@H]2CC[C@H]1O2. The smallest absolute Gasteiger partial charge is 0.223 e. The predicted molar refractivity (Wildman–Crippen MR) is 44.4 cm³/mol. The van der Waals surface area contributed by atoms with Gasteiger partial charge in [0, 0.05) is 0 Å². The summed E-state index contributed by atoms with van der Waals surface area (Å²) in [6.45, 7) is 2.10. The van der Waals surface area contributed by atoms with Crippen LogP contribution in [0.4, 0.5) is 0 Å². The Bertz CT molecular complexity index is 205. The van der Waals surface area contributed by atoms with Crippen LogP contribution in [0.3, 0.4) is 0 Å². The number of hydrogen-bond acceptors (Lipinski definition) is 2. The molecule has 3 heteroatoms. The van der Waals surface area contributed by atoms with Crippen LogP contribution in [-0.2, 0) is 9.53 Å². The van der Waals surface area contributed by atoms with Gasteiger partial charge in [-0.25, -0.2) is 0 Å². The quantitative estimate of drug-likeness (QED) is 0.660. The van der Waals surface area contributed by atoms with Crippen LogP contribution >= 0.6 is 0 Å². The maximum atomic E-state index is 11.1. The van der Waals surface area contributed by atoms with Crippen molar-refractivity contribution < 1.29 is 9.53 Å². The molecule has 0 saturated carbocycles. The maximum absolute atomic E-state index is 11.1. The van der Waals surface area contributed by atoms with Crippen molar-refractivity contribution in [2.45, 2.75) is 38.4 Å². The number of nitrogens with two attached hydrogens (primary N) is 1. The van der Waals surface area contributed by atoms with E-state index in [1.807, 2.05) is 0 Å². The molecular weight excluding hydrogens is 154 g/mol. The minimum Gasteiger partial charge on any atom is -0.374 e. The van der Waals surface area contributed by atoms with Gasteiger partial charge < -0.3 is 10.5 Å². The molecule has 0 spiro atoms.